The van der Waals surface area contributed by atoms with Crippen molar-refractivity contribution in [3.05, 3.63) is 100 Å². The SMILES string of the molecule is C=C1C=CC(C)C(=C)C1CC1=Cc2cccc(-c3cc(C(C)C)cc(C)c3CC3CCCCC3)c2C1. The molecule has 3 aliphatic carbocycles. The van der Waals surface area contributed by atoms with Crippen LogP contribution >= 0.6 is 0 Å². The number of fused-ring (bicyclic) bond motifs is 1. The number of hydrogen-bond donors (Lipinski definition) is 0. The summed E-state index contributed by atoms with van der Waals surface area (Å²) in [4.78, 5) is 0. The van der Waals surface area contributed by atoms with Crippen LogP contribution in [0.15, 0.2) is 72.4 Å². The second-order valence-electron chi connectivity index (χ2n) is 12.1. The van der Waals surface area contributed by atoms with Gasteiger partial charge in [-0.1, -0.05) is 126 Å². The predicted octanol–water partition coefficient (Wildman–Crippen LogP) is 10.2. The monoisotopic (exact) mass is 476 g/mol. The zero-order valence-corrected chi connectivity index (χ0v) is 23.0. The molecule has 36 heavy (non-hydrogen) atoms. The van der Waals surface area contributed by atoms with E-state index < -0.39 is 0 Å². The first-order valence-corrected chi connectivity index (χ1v) is 14.3. The van der Waals surface area contributed by atoms with Crippen LogP contribution in [0.25, 0.3) is 17.2 Å². The Hall–Kier alpha value is -2.60. The minimum absolute atomic E-state index is 0.363. The highest BCUT2D eigenvalue weighted by Crippen LogP contribution is 2.43. The molecule has 0 bridgehead atoms. The van der Waals surface area contributed by atoms with Crippen LogP contribution in [0.2, 0.25) is 0 Å². The molecule has 2 aromatic carbocycles. The highest BCUT2D eigenvalue weighted by molar-refractivity contribution is 5.80. The van der Waals surface area contributed by atoms with Crippen LogP contribution in [-0.2, 0) is 12.8 Å². The molecule has 2 unspecified atom stereocenters. The maximum atomic E-state index is 4.45. The van der Waals surface area contributed by atoms with Crippen LogP contribution in [0.5, 0.6) is 0 Å². The molecule has 5 rings (SSSR count). The van der Waals surface area contributed by atoms with Gasteiger partial charge in [0, 0.05) is 5.92 Å². The zero-order chi connectivity index (χ0) is 25.4. The summed E-state index contributed by atoms with van der Waals surface area (Å²) in [5.41, 5.74) is 14.5. The molecule has 0 aromatic heterocycles. The van der Waals surface area contributed by atoms with Gasteiger partial charge in [-0.05, 0) is 88.5 Å². The van der Waals surface area contributed by atoms with E-state index in [0.717, 1.165) is 18.8 Å². The summed E-state index contributed by atoms with van der Waals surface area (Å²) in [6.45, 7) is 18.1. The van der Waals surface area contributed by atoms with Crippen LogP contribution in [-0.4, -0.2) is 0 Å². The van der Waals surface area contributed by atoms with E-state index in [1.165, 1.54) is 88.6 Å². The van der Waals surface area contributed by atoms with Gasteiger partial charge in [-0.3, -0.25) is 0 Å². The van der Waals surface area contributed by atoms with Gasteiger partial charge in [0.15, 0.2) is 0 Å². The number of aryl methyl sites for hydroxylation is 1. The van der Waals surface area contributed by atoms with Gasteiger partial charge in [0.1, 0.15) is 0 Å². The second-order valence-corrected chi connectivity index (χ2v) is 12.1. The van der Waals surface area contributed by atoms with Crippen molar-refractivity contribution in [3.8, 4) is 11.1 Å². The van der Waals surface area contributed by atoms with Gasteiger partial charge in [-0.15, -0.1) is 0 Å². The quantitative estimate of drug-likeness (QED) is 0.364. The summed E-state index contributed by atoms with van der Waals surface area (Å²) in [6, 6.07) is 12.0. The molecule has 0 radical (unpaired) electrons. The first kappa shape index (κ1) is 25.1. The van der Waals surface area contributed by atoms with Crippen molar-refractivity contribution < 1.29 is 0 Å². The molecule has 0 heterocycles. The van der Waals surface area contributed by atoms with E-state index >= 15 is 0 Å². The van der Waals surface area contributed by atoms with Crippen LogP contribution in [0.1, 0.15) is 93.0 Å². The Morgan fingerprint density at radius 3 is 2.50 bits per heavy atom. The summed E-state index contributed by atoms with van der Waals surface area (Å²) in [7, 11) is 0. The lowest BCUT2D eigenvalue weighted by molar-refractivity contribution is 0.356. The van der Waals surface area contributed by atoms with Crippen molar-refractivity contribution >= 4 is 6.08 Å². The van der Waals surface area contributed by atoms with Gasteiger partial charge >= 0.3 is 0 Å². The molecule has 2 atom stereocenters. The Morgan fingerprint density at radius 2 is 1.75 bits per heavy atom. The molecular formula is C36H44. The van der Waals surface area contributed by atoms with E-state index in [2.05, 4.69) is 89.4 Å². The molecule has 1 saturated carbocycles. The van der Waals surface area contributed by atoms with E-state index in [0.29, 0.717) is 17.8 Å². The van der Waals surface area contributed by atoms with Crippen LogP contribution < -0.4 is 0 Å². The lowest BCUT2D eigenvalue weighted by Gasteiger charge is -2.28. The number of hydrogen-bond acceptors (Lipinski definition) is 0. The van der Waals surface area contributed by atoms with Gasteiger partial charge < -0.3 is 0 Å². The summed E-state index contributed by atoms with van der Waals surface area (Å²) in [6.07, 6.45) is 17.3. The first-order chi connectivity index (χ1) is 17.3. The largest absolute Gasteiger partial charge is 0.0986 e. The molecular weight excluding hydrogens is 432 g/mol. The number of rotatable bonds is 6. The Bertz CT molecular complexity index is 1220. The number of benzene rings is 2. The summed E-state index contributed by atoms with van der Waals surface area (Å²) < 4.78 is 0. The standard InChI is InChI=1S/C36H44/c1-23(2)31-17-26(5)34(19-28-11-8-7-9-12-28)36(22-31)32-14-10-13-30-18-29(21-35(30)32)20-33-25(4)16-15-24(3)27(33)6/h10,13-18,22-24,28,33H,4,6-9,11-12,19-21H2,1-3,5H3. The zero-order valence-electron chi connectivity index (χ0n) is 23.0. The molecule has 0 spiro atoms. The number of allylic oxidation sites excluding steroid dienone is 5. The molecule has 0 heteroatoms. The third-order valence-corrected chi connectivity index (χ3v) is 9.19. The average Bonchev–Trinajstić information content (AvgIpc) is 3.29. The van der Waals surface area contributed by atoms with E-state index in [1.807, 2.05) is 0 Å². The Labute approximate surface area is 219 Å². The normalized spacial score (nSPS) is 22.3. The molecule has 2 aromatic rings. The van der Waals surface area contributed by atoms with Gasteiger partial charge in [0.25, 0.3) is 0 Å². The van der Waals surface area contributed by atoms with Crippen molar-refractivity contribution in [1.29, 1.82) is 0 Å². The molecule has 0 nitrogen and oxygen atoms in total. The first-order valence-electron chi connectivity index (χ1n) is 14.3. The molecule has 0 amide bonds. The minimum Gasteiger partial charge on any atom is -0.0986 e. The van der Waals surface area contributed by atoms with Gasteiger partial charge in [0.05, 0.1) is 0 Å². The minimum atomic E-state index is 0.363. The Kier molecular flexibility index (Phi) is 7.25. The summed E-state index contributed by atoms with van der Waals surface area (Å²) >= 11 is 0. The van der Waals surface area contributed by atoms with E-state index in [-0.39, 0.29) is 0 Å². The summed E-state index contributed by atoms with van der Waals surface area (Å²) in [5.74, 6) is 2.17. The average molecular weight is 477 g/mol. The maximum Gasteiger partial charge on any atom is 0.00826 e. The van der Waals surface area contributed by atoms with Gasteiger partial charge in [-0.25, -0.2) is 0 Å². The maximum absolute atomic E-state index is 4.45. The van der Waals surface area contributed by atoms with Gasteiger partial charge in [0.2, 0.25) is 0 Å². The Morgan fingerprint density at radius 1 is 0.972 bits per heavy atom. The third-order valence-electron chi connectivity index (χ3n) is 9.19. The second kappa shape index (κ2) is 10.4. The lowest BCUT2D eigenvalue weighted by atomic mass is 9.77. The lowest BCUT2D eigenvalue weighted by Crippen LogP contribution is -2.15. The fourth-order valence-electron chi connectivity index (χ4n) is 6.78. The van der Waals surface area contributed by atoms with Gasteiger partial charge in [-0.2, -0.15) is 0 Å². The van der Waals surface area contributed by atoms with Crippen LogP contribution in [0.4, 0.5) is 0 Å². The van der Waals surface area contributed by atoms with Crippen molar-refractivity contribution in [2.24, 2.45) is 17.8 Å². The molecule has 0 aliphatic heterocycles. The predicted molar refractivity (Wildman–Crippen MR) is 157 cm³/mol. The van der Waals surface area contributed by atoms with E-state index in [9.17, 15) is 0 Å². The van der Waals surface area contributed by atoms with Crippen molar-refractivity contribution in [1.82, 2.24) is 0 Å². The third kappa shape index (κ3) is 4.97. The molecule has 3 aliphatic rings. The van der Waals surface area contributed by atoms with Crippen molar-refractivity contribution in [2.45, 2.75) is 85.0 Å². The Balaban J connectivity index is 1.49. The highest BCUT2D eigenvalue weighted by Gasteiger charge is 2.27. The molecule has 188 valence electrons. The van der Waals surface area contributed by atoms with E-state index in [4.69, 9.17) is 0 Å². The van der Waals surface area contributed by atoms with Crippen LogP contribution in [0, 0.1) is 24.7 Å². The molecule has 0 N–H and O–H groups in total. The molecule has 1 fully saturated rings. The fourth-order valence-corrected chi connectivity index (χ4v) is 6.78. The van der Waals surface area contributed by atoms with E-state index in [1.54, 1.807) is 5.56 Å². The van der Waals surface area contributed by atoms with Crippen molar-refractivity contribution in [2.75, 3.05) is 0 Å². The summed E-state index contributed by atoms with van der Waals surface area (Å²) in [5, 5.41) is 0. The molecule has 0 saturated heterocycles. The topological polar surface area (TPSA) is 0 Å². The smallest absolute Gasteiger partial charge is 0.00826 e. The van der Waals surface area contributed by atoms with Crippen molar-refractivity contribution in [3.63, 3.8) is 0 Å². The highest BCUT2D eigenvalue weighted by atomic mass is 14.3. The fraction of sp³-hybridized carbons (Fsp3) is 0.444. The van der Waals surface area contributed by atoms with Crippen LogP contribution in [0.3, 0.4) is 0 Å².